The molecular weight excluding hydrogens is 402 g/mol. The predicted octanol–water partition coefficient (Wildman–Crippen LogP) is 4.55. The van der Waals surface area contributed by atoms with Gasteiger partial charge in [-0.15, -0.1) is 0 Å². The monoisotopic (exact) mass is 416 g/mol. The lowest BCUT2D eigenvalue weighted by Gasteiger charge is -2.31. The largest absolute Gasteiger partial charge is 0.500 e. The number of nitrogens with zero attached hydrogens (tertiary/aromatic N) is 2. The summed E-state index contributed by atoms with van der Waals surface area (Å²) in [6.45, 7) is 1.47. The minimum atomic E-state index is -1.51. The van der Waals surface area contributed by atoms with E-state index in [1.165, 1.54) is 6.92 Å². The first-order valence-electron chi connectivity index (χ1n) is 8.47. The van der Waals surface area contributed by atoms with E-state index in [0.717, 1.165) is 24.3 Å². The first-order valence-corrected chi connectivity index (χ1v) is 8.47. The molecule has 0 atom stereocenters. The van der Waals surface area contributed by atoms with Crippen molar-refractivity contribution in [1.82, 2.24) is 0 Å². The Bertz CT molecular complexity index is 1100. The Kier molecular flexibility index (Phi) is 5.09. The number of nitro benzene ring substituents is 2. The number of hydrogen-bond donors (Lipinski definition) is 2. The summed E-state index contributed by atoms with van der Waals surface area (Å²) in [5.74, 6) is -4.89. The minimum absolute atomic E-state index is 0.0601. The quantitative estimate of drug-likeness (QED) is 0.357. The maximum absolute atomic E-state index is 14.3. The molecule has 0 bridgehead atoms. The molecule has 8 nitrogen and oxygen atoms in total. The number of hydrogen-bond acceptors (Lipinski definition) is 6. The molecular formula is C20H14F2N2O6. The molecule has 2 N–H and O–H groups in total. The van der Waals surface area contributed by atoms with Crippen molar-refractivity contribution in [1.29, 1.82) is 0 Å². The van der Waals surface area contributed by atoms with Crippen LogP contribution in [0.15, 0.2) is 54.6 Å². The second-order valence-electron chi connectivity index (χ2n) is 6.66. The highest BCUT2D eigenvalue weighted by Crippen LogP contribution is 2.45. The van der Waals surface area contributed by atoms with Gasteiger partial charge < -0.3 is 10.2 Å². The lowest BCUT2D eigenvalue weighted by molar-refractivity contribution is -0.386. The van der Waals surface area contributed by atoms with Gasteiger partial charge in [0.2, 0.25) is 11.5 Å². The van der Waals surface area contributed by atoms with E-state index in [-0.39, 0.29) is 11.1 Å². The Morgan fingerprint density at radius 3 is 1.53 bits per heavy atom. The molecule has 0 saturated carbocycles. The zero-order valence-electron chi connectivity index (χ0n) is 15.4. The van der Waals surface area contributed by atoms with Crippen molar-refractivity contribution in [2.75, 3.05) is 0 Å². The molecule has 0 fully saturated rings. The first kappa shape index (κ1) is 20.6. The maximum atomic E-state index is 14.3. The second-order valence-corrected chi connectivity index (χ2v) is 6.66. The summed E-state index contributed by atoms with van der Waals surface area (Å²) >= 11 is 0. The van der Waals surface area contributed by atoms with Gasteiger partial charge in [-0.25, -0.2) is 8.78 Å². The van der Waals surface area contributed by atoms with Crippen LogP contribution in [0.4, 0.5) is 20.2 Å². The van der Waals surface area contributed by atoms with Gasteiger partial charge in [0.05, 0.1) is 9.85 Å². The standard InChI is InChI=1S/C20H14F2N2O6/c1-20(11-5-3-2-4-6-11,12-7-14(21)18(25)16(9-12)23(27)28)13-8-15(22)19(26)17(10-13)24(29)30/h2-10,25-26H,1H3. The van der Waals surface area contributed by atoms with E-state index < -0.39 is 49.8 Å². The summed E-state index contributed by atoms with van der Waals surface area (Å²) in [4.78, 5) is 20.6. The Morgan fingerprint density at radius 1 is 0.767 bits per heavy atom. The van der Waals surface area contributed by atoms with Gasteiger partial charge in [0.15, 0.2) is 11.6 Å². The van der Waals surface area contributed by atoms with Gasteiger partial charge in [-0.1, -0.05) is 30.3 Å². The van der Waals surface area contributed by atoms with Crippen LogP contribution in [0, 0.1) is 31.9 Å². The van der Waals surface area contributed by atoms with E-state index in [9.17, 15) is 39.2 Å². The number of phenols is 2. The van der Waals surface area contributed by atoms with Crippen LogP contribution in [0.25, 0.3) is 0 Å². The third-order valence-electron chi connectivity index (χ3n) is 4.99. The molecule has 0 saturated heterocycles. The molecule has 0 amide bonds. The van der Waals surface area contributed by atoms with E-state index >= 15 is 0 Å². The summed E-state index contributed by atoms with van der Waals surface area (Å²) in [5.41, 5.74) is -3.06. The molecule has 3 aromatic rings. The van der Waals surface area contributed by atoms with Crippen molar-refractivity contribution in [2.45, 2.75) is 12.3 Å². The molecule has 154 valence electrons. The number of halogens is 2. The van der Waals surface area contributed by atoms with E-state index in [2.05, 4.69) is 0 Å². The number of phenolic OH excluding ortho intramolecular Hbond substituents is 2. The van der Waals surface area contributed by atoms with Crippen molar-refractivity contribution in [3.05, 3.63) is 103 Å². The average molecular weight is 416 g/mol. The van der Waals surface area contributed by atoms with Crippen molar-refractivity contribution >= 4 is 11.4 Å². The van der Waals surface area contributed by atoms with Crippen molar-refractivity contribution in [2.24, 2.45) is 0 Å². The van der Waals surface area contributed by atoms with Crippen LogP contribution in [0.3, 0.4) is 0 Å². The Morgan fingerprint density at radius 2 is 1.17 bits per heavy atom. The number of benzene rings is 3. The van der Waals surface area contributed by atoms with Crippen LogP contribution >= 0.6 is 0 Å². The average Bonchev–Trinajstić information content (AvgIpc) is 2.71. The van der Waals surface area contributed by atoms with E-state index in [1.54, 1.807) is 30.3 Å². The fourth-order valence-electron chi connectivity index (χ4n) is 3.30. The van der Waals surface area contributed by atoms with E-state index in [1.807, 2.05) is 0 Å². The van der Waals surface area contributed by atoms with Gasteiger partial charge in [-0.2, -0.15) is 0 Å². The number of rotatable bonds is 5. The smallest absolute Gasteiger partial charge is 0.314 e. The summed E-state index contributed by atoms with van der Waals surface area (Å²) in [6, 6.07) is 11.6. The predicted molar refractivity (Wildman–Crippen MR) is 101 cm³/mol. The molecule has 0 unspecified atom stereocenters. The molecule has 0 aliphatic carbocycles. The van der Waals surface area contributed by atoms with Crippen molar-refractivity contribution in [3.8, 4) is 11.5 Å². The van der Waals surface area contributed by atoms with E-state index in [0.29, 0.717) is 5.56 Å². The van der Waals surface area contributed by atoms with Gasteiger partial charge in [0.25, 0.3) is 0 Å². The summed E-state index contributed by atoms with van der Waals surface area (Å²) in [7, 11) is 0. The highest BCUT2D eigenvalue weighted by molar-refractivity contribution is 5.60. The molecule has 0 aliphatic rings. The lowest BCUT2D eigenvalue weighted by atomic mass is 9.70. The molecule has 3 rings (SSSR count). The lowest BCUT2D eigenvalue weighted by Crippen LogP contribution is -2.26. The van der Waals surface area contributed by atoms with Gasteiger partial charge >= 0.3 is 11.4 Å². The zero-order chi connectivity index (χ0) is 22.2. The molecule has 0 radical (unpaired) electrons. The van der Waals surface area contributed by atoms with Gasteiger partial charge in [0, 0.05) is 17.5 Å². The molecule has 10 heteroatoms. The van der Waals surface area contributed by atoms with Crippen LogP contribution < -0.4 is 0 Å². The summed E-state index contributed by atoms with van der Waals surface area (Å²) in [5, 5.41) is 41.9. The summed E-state index contributed by atoms with van der Waals surface area (Å²) < 4.78 is 28.7. The molecule has 0 aliphatic heterocycles. The SMILES string of the molecule is CC(c1ccccc1)(c1cc(F)c(O)c([N+](=O)[O-])c1)c1cc(F)c(O)c([N+](=O)[O-])c1. The summed E-state index contributed by atoms with van der Waals surface area (Å²) in [6.07, 6.45) is 0. The highest BCUT2D eigenvalue weighted by Gasteiger charge is 2.37. The number of aromatic hydroxyl groups is 2. The van der Waals surface area contributed by atoms with Crippen molar-refractivity contribution < 1.29 is 28.8 Å². The fraction of sp³-hybridized carbons (Fsp3) is 0.100. The van der Waals surface area contributed by atoms with Crippen molar-refractivity contribution in [3.63, 3.8) is 0 Å². The fourth-order valence-corrected chi connectivity index (χ4v) is 3.30. The van der Waals surface area contributed by atoms with Crippen LogP contribution in [0.2, 0.25) is 0 Å². The molecule has 0 spiro atoms. The molecule has 3 aromatic carbocycles. The van der Waals surface area contributed by atoms with Crippen LogP contribution in [-0.2, 0) is 5.41 Å². The van der Waals surface area contributed by atoms with Crippen LogP contribution in [0.5, 0.6) is 11.5 Å². The second kappa shape index (κ2) is 7.39. The normalized spacial score (nSPS) is 11.3. The van der Waals surface area contributed by atoms with E-state index in [4.69, 9.17) is 0 Å². The molecule has 0 heterocycles. The van der Waals surface area contributed by atoms with Gasteiger partial charge in [-0.3, -0.25) is 20.2 Å². The first-order chi connectivity index (χ1) is 14.1. The van der Waals surface area contributed by atoms with Gasteiger partial charge in [-0.05, 0) is 35.7 Å². The topological polar surface area (TPSA) is 127 Å². The Hall–Kier alpha value is -4.08. The maximum Gasteiger partial charge on any atom is 0.314 e. The Balaban J connectivity index is 2.42. The Labute approximate surface area is 168 Å². The minimum Gasteiger partial charge on any atom is -0.500 e. The number of nitro groups is 2. The van der Waals surface area contributed by atoms with Gasteiger partial charge in [0.1, 0.15) is 0 Å². The third-order valence-corrected chi connectivity index (χ3v) is 4.99. The van der Waals surface area contributed by atoms with Crippen LogP contribution in [-0.4, -0.2) is 20.1 Å². The zero-order valence-corrected chi connectivity index (χ0v) is 15.4. The molecule has 0 aromatic heterocycles. The molecule has 30 heavy (non-hydrogen) atoms. The third kappa shape index (κ3) is 3.28. The highest BCUT2D eigenvalue weighted by atomic mass is 19.1. The van der Waals surface area contributed by atoms with Crippen LogP contribution in [0.1, 0.15) is 23.6 Å².